The number of thiazole rings is 1. The third-order valence-electron chi connectivity index (χ3n) is 4.93. The Hall–Kier alpha value is -2.72. The summed E-state index contributed by atoms with van der Waals surface area (Å²) in [6.45, 7) is 1.44. The first kappa shape index (κ1) is 14.6. The number of benzene rings is 1. The maximum absolute atomic E-state index is 14.2. The summed E-state index contributed by atoms with van der Waals surface area (Å²) in [5.74, 6) is -0.579. The van der Waals surface area contributed by atoms with Crippen LogP contribution in [-0.4, -0.2) is 32.9 Å². The Balaban J connectivity index is 1.76. The third kappa shape index (κ3) is 2.04. The molecule has 3 aromatic rings. The van der Waals surface area contributed by atoms with Gasteiger partial charge in [-0.05, 0) is 30.5 Å². The van der Waals surface area contributed by atoms with Crippen LogP contribution in [0.5, 0.6) is 0 Å². The van der Waals surface area contributed by atoms with E-state index < -0.39 is 5.82 Å². The first-order valence-electron chi connectivity index (χ1n) is 8.15. The molecule has 1 amide bonds. The Morgan fingerprint density at radius 3 is 2.88 bits per heavy atom. The van der Waals surface area contributed by atoms with Gasteiger partial charge in [-0.25, -0.2) is 9.37 Å². The van der Waals surface area contributed by atoms with E-state index in [-0.39, 0.29) is 11.5 Å². The van der Waals surface area contributed by atoms with Gasteiger partial charge in [0.15, 0.2) is 0 Å². The molecular weight excluding hydrogens is 339 g/mol. The number of fused-ring (bicyclic) bond motifs is 3. The smallest absolute Gasteiger partial charge is 0.271 e. The van der Waals surface area contributed by atoms with Gasteiger partial charge in [-0.1, -0.05) is 6.07 Å². The highest BCUT2D eigenvalue weighted by Gasteiger charge is 2.39. The zero-order valence-electron chi connectivity index (χ0n) is 13.2. The number of nitriles is 1. The highest BCUT2D eigenvalue weighted by Crippen LogP contribution is 2.40. The molecule has 7 heteroatoms. The topological polar surface area (TPSA) is 61.9 Å². The molecule has 124 valence electrons. The van der Waals surface area contributed by atoms with Crippen LogP contribution in [0.2, 0.25) is 0 Å². The second kappa shape index (κ2) is 5.14. The van der Waals surface area contributed by atoms with Crippen LogP contribution in [0.3, 0.4) is 0 Å². The fraction of sp³-hybridized carbons (Fsp3) is 0.278. The molecule has 0 unspecified atom stereocenters. The summed E-state index contributed by atoms with van der Waals surface area (Å²) in [6, 6.07) is 6.65. The molecule has 0 saturated heterocycles. The SMILES string of the molecule is N#Cc1ccc(-c2c3n(c4scnc24)CCN(C2CC2)C3=O)cc1F. The van der Waals surface area contributed by atoms with E-state index in [0.29, 0.717) is 29.4 Å². The van der Waals surface area contributed by atoms with E-state index in [2.05, 4.69) is 4.98 Å². The Kier molecular flexibility index (Phi) is 3.00. The predicted molar refractivity (Wildman–Crippen MR) is 91.8 cm³/mol. The number of rotatable bonds is 2. The molecule has 3 heterocycles. The van der Waals surface area contributed by atoms with Crippen LogP contribution in [0.4, 0.5) is 4.39 Å². The zero-order chi connectivity index (χ0) is 17.1. The largest absolute Gasteiger partial charge is 0.333 e. The normalized spacial score (nSPS) is 17.0. The molecule has 1 aromatic carbocycles. The van der Waals surface area contributed by atoms with Crippen LogP contribution in [0.1, 0.15) is 28.9 Å². The van der Waals surface area contributed by atoms with E-state index in [0.717, 1.165) is 29.7 Å². The van der Waals surface area contributed by atoms with Crippen molar-refractivity contribution in [2.45, 2.75) is 25.4 Å². The minimum atomic E-state index is -0.578. The van der Waals surface area contributed by atoms with Crippen molar-refractivity contribution >= 4 is 27.6 Å². The van der Waals surface area contributed by atoms with Crippen molar-refractivity contribution in [1.82, 2.24) is 14.5 Å². The van der Waals surface area contributed by atoms with Gasteiger partial charge in [-0.3, -0.25) is 4.79 Å². The van der Waals surface area contributed by atoms with E-state index in [1.165, 1.54) is 23.5 Å². The lowest BCUT2D eigenvalue weighted by molar-refractivity contribution is 0.0694. The Morgan fingerprint density at radius 1 is 1.32 bits per heavy atom. The molecule has 5 rings (SSSR count). The van der Waals surface area contributed by atoms with Gasteiger partial charge in [0, 0.05) is 24.7 Å². The quantitative estimate of drug-likeness (QED) is 0.710. The molecule has 2 aromatic heterocycles. The van der Waals surface area contributed by atoms with Gasteiger partial charge < -0.3 is 9.47 Å². The summed E-state index contributed by atoms with van der Waals surface area (Å²) in [7, 11) is 0. The van der Waals surface area contributed by atoms with E-state index >= 15 is 0 Å². The molecule has 0 N–H and O–H groups in total. The number of halogens is 1. The van der Waals surface area contributed by atoms with Crippen molar-refractivity contribution in [2.75, 3.05) is 6.54 Å². The Bertz CT molecular complexity index is 1070. The van der Waals surface area contributed by atoms with E-state index in [1.54, 1.807) is 11.6 Å². The van der Waals surface area contributed by atoms with Crippen molar-refractivity contribution in [1.29, 1.82) is 5.26 Å². The Labute approximate surface area is 146 Å². The summed E-state index contributed by atoms with van der Waals surface area (Å²) < 4.78 is 16.2. The highest BCUT2D eigenvalue weighted by molar-refractivity contribution is 7.16. The molecule has 1 aliphatic carbocycles. The molecule has 2 aliphatic rings. The summed E-state index contributed by atoms with van der Waals surface area (Å²) >= 11 is 1.49. The zero-order valence-corrected chi connectivity index (χ0v) is 14.0. The number of aromatic nitrogens is 2. The van der Waals surface area contributed by atoms with Gasteiger partial charge >= 0.3 is 0 Å². The number of carbonyl (C=O) groups is 1. The maximum Gasteiger partial charge on any atom is 0.271 e. The van der Waals surface area contributed by atoms with Crippen LogP contribution in [0.15, 0.2) is 23.7 Å². The average Bonchev–Trinajstić information content (AvgIpc) is 3.24. The predicted octanol–water partition coefficient (Wildman–Crippen LogP) is 3.39. The second-order valence-corrected chi connectivity index (χ2v) is 7.25. The number of hydrogen-bond acceptors (Lipinski definition) is 4. The molecule has 5 nitrogen and oxygen atoms in total. The third-order valence-corrected chi connectivity index (χ3v) is 5.78. The van der Waals surface area contributed by atoms with Crippen molar-refractivity contribution in [3.05, 3.63) is 40.8 Å². The van der Waals surface area contributed by atoms with Gasteiger partial charge in [-0.15, -0.1) is 11.3 Å². The molecular formula is C18H13FN4OS. The fourth-order valence-electron chi connectivity index (χ4n) is 3.60. The van der Waals surface area contributed by atoms with Crippen molar-refractivity contribution < 1.29 is 9.18 Å². The van der Waals surface area contributed by atoms with Crippen LogP contribution in [-0.2, 0) is 6.54 Å². The molecule has 0 radical (unpaired) electrons. The van der Waals surface area contributed by atoms with Gasteiger partial charge in [-0.2, -0.15) is 5.26 Å². The average molecular weight is 352 g/mol. The standard InChI is InChI=1S/C18H13FN4OS/c19-13-7-10(1-2-11(13)8-20)14-15-18(25-9-21-15)23-6-5-22(12-3-4-12)17(24)16(14)23/h1-2,7,9,12H,3-6H2. The molecule has 0 spiro atoms. The second-order valence-electron chi connectivity index (χ2n) is 6.42. The summed E-state index contributed by atoms with van der Waals surface area (Å²) in [5.41, 5.74) is 4.34. The van der Waals surface area contributed by atoms with Gasteiger partial charge in [0.05, 0.1) is 11.1 Å². The highest BCUT2D eigenvalue weighted by atomic mass is 32.1. The number of nitrogens with zero attached hydrogens (tertiary/aromatic N) is 4. The van der Waals surface area contributed by atoms with Gasteiger partial charge in [0.2, 0.25) is 0 Å². The first-order valence-corrected chi connectivity index (χ1v) is 9.03. The van der Waals surface area contributed by atoms with Crippen LogP contribution >= 0.6 is 11.3 Å². The van der Waals surface area contributed by atoms with Crippen molar-refractivity contribution in [3.8, 4) is 17.2 Å². The monoisotopic (exact) mass is 352 g/mol. The summed E-state index contributed by atoms with van der Waals surface area (Å²) in [6.07, 6.45) is 2.11. The fourth-order valence-corrected chi connectivity index (χ4v) is 4.44. The minimum Gasteiger partial charge on any atom is -0.333 e. The lowest BCUT2D eigenvalue weighted by Gasteiger charge is -2.29. The van der Waals surface area contributed by atoms with Gasteiger partial charge in [0.1, 0.15) is 27.9 Å². The number of carbonyl (C=O) groups excluding carboxylic acids is 1. The van der Waals surface area contributed by atoms with Crippen LogP contribution in [0, 0.1) is 17.1 Å². The lowest BCUT2D eigenvalue weighted by atomic mass is 10.0. The van der Waals surface area contributed by atoms with E-state index in [1.807, 2.05) is 15.5 Å². The first-order chi connectivity index (χ1) is 12.2. The number of amides is 1. The van der Waals surface area contributed by atoms with Crippen molar-refractivity contribution in [2.24, 2.45) is 0 Å². The minimum absolute atomic E-state index is 0.00119. The molecule has 1 aliphatic heterocycles. The molecule has 25 heavy (non-hydrogen) atoms. The van der Waals surface area contributed by atoms with Crippen LogP contribution < -0.4 is 0 Å². The van der Waals surface area contributed by atoms with Crippen molar-refractivity contribution in [3.63, 3.8) is 0 Å². The molecule has 1 saturated carbocycles. The van der Waals surface area contributed by atoms with E-state index in [9.17, 15) is 9.18 Å². The molecule has 1 fully saturated rings. The summed E-state index contributed by atoms with van der Waals surface area (Å²) in [5, 5.41) is 8.95. The van der Waals surface area contributed by atoms with E-state index in [4.69, 9.17) is 5.26 Å². The lowest BCUT2D eigenvalue weighted by Crippen LogP contribution is -2.41. The van der Waals surface area contributed by atoms with Gasteiger partial charge in [0.25, 0.3) is 5.91 Å². The molecule has 0 atom stereocenters. The summed E-state index contributed by atoms with van der Waals surface area (Å²) in [4.78, 5) is 20.4. The molecule has 0 bridgehead atoms. The maximum atomic E-state index is 14.2. The Morgan fingerprint density at radius 2 is 2.16 bits per heavy atom. The van der Waals surface area contributed by atoms with Crippen LogP contribution in [0.25, 0.3) is 21.5 Å². The number of hydrogen-bond donors (Lipinski definition) is 0.